The number of hydrogen-bond acceptors (Lipinski definition) is 3. The van der Waals surface area contributed by atoms with E-state index in [4.69, 9.17) is 5.11 Å². The Morgan fingerprint density at radius 2 is 2.29 bits per heavy atom. The van der Waals surface area contributed by atoms with Gasteiger partial charge < -0.3 is 5.11 Å². The first-order valence-corrected chi connectivity index (χ1v) is 5.34. The summed E-state index contributed by atoms with van der Waals surface area (Å²) in [6.45, 7) is 2.54. The van der Waals surface area contributed by atoms with Gasteiger partial charge in [-0.3, -0.25) is 14.6 Å². The predicted octanol–water partition coefficient (Wildman–Crippen LogP) is 0.240. The lowest BCUT2D eigenvalue weighted by atomic mass is 10.1. The normalized spacial score (nSPS) is 32.4. The van der Waals surface area contributed by atoms with E-state index in [1.54, 1.807) is 0 Å². The lowest BCUT2D eigenvalue weighted by Crippen LogP contribution is -2.42. The molecule has 0 aliphatic carbocycles. The van der Waals surface area contributed by atoms with Crippen LogP contribution in [0.2, 0.25) is 0 Å². The van der Waals surface area contributed by atoms with Crippen molar-refractivity contribution in [3.63, 3.8) is 0 Å². The molecule has 0 saturated carbocycles. The van der Waals surface area contributed by atoms with E-state index >= 15 is 0 Å². The van der Waals surface area contributed by atoms with Crippen LogP contribution in [-0.4, -0.2) is 59.6 Å². The van der Waals surface area contributed by atoms with Crippen LogP contribution in [0.3, 0.4) is 0 Å². The van der Waals surface area contributed by atoms with Crippen LogP contribution in [0.4, 0.5) is 0 Å². The molecule has 2 rings (SSSR count). The molecular weight excluding hydrogens is 180 g/mol. The smallest absolute Gasteiger partial charge is 0.317 e. The minimum Gasteiger partial charge on any atom is -0.480 e. The first-order chi connectivity index (χ1) is 6.68. The number of nitrogens with zero attached hydrogens (tertiary/aromatic N) is 2. The van der Waals surface area contributed by atoms with Gasteiger partial charge in [0, 0.05) is 18.6 Å². The van der Waals surface area contributed by atoms with Gasteiger partial charge in [-0.2, -0.15) is 0 Å². The molecule has 4 nitrogen and oxygen atoms in total. The molecule has 0 aromatic rings. The van der Waals surface area contributed by atoms with Gasteiger partial charge in [-0.05, 0) is 32.9 Å². The second-order valence-electron chi connectivity index (χ2n) is 4.41. The van der Waals surface area contributed by atoms with Crippen LogP contribution in [0.5, 0.6) is 0 Å². The van der Waals surface area contributed by atoms with E-state index in [1.807, 2.05) is 11.9 Å². The van der Waals surface area contributed by atoms with Crippen molar-refractivity contribution in [2.45, 2.75) is 31.3 Å². The number of rotatable bonds is 3. The Labute approximate surface area is 84.5 Å². The van der Waals surface area contributed by atoms with Crippen molar-refractivity contribution < 1.29 is 9.90 Å². The standard InChI is InChI=1S/C10H18N2O2/c1-11(7-10(13)14)8-4-6-12-5-2-3-9(8)12/h8-9H,2-7H2,1H3,(H,13,14). The quantitative estimate of drug-likeness (QED) is 0.705. The minimum atomic E-state index is -0.719. The third kappa shape index (κ3) is 1.77. The zero-order chi connectivity index (χ0) is 10.1. The fourth-order valence-electron chi connectivity index (χ4n) is 2.90. The fraction of sp³-hybridized carbons (Fsp3) is 0.900. The SMILES string of the molecule is CN(CC(=O)O)C1CCN2CCCC12. The number of carboxylic acid groups (broad SMARTS) is 1. The molecule has 0 aromatic heterocycles. The summed E-state index contributed by atoms with van der Waals surface area (Å²) in [5, 5.41) is 8.73. The molecule has 0 radical (unpaired) electrons. The third-order valence-electron chi connectivity index (χ3n) is 3.52. The van der Waals surface area contributed by atoms with Crippen LogP contribution in [-0.2, 0) is 4.79 Å². The van der Waals surface area contributed by atoms with Gasteiger partial charge in [0.15, 0.2) is 0 Å². The van der Waals surface area contributed by atoms with Gasteiger partial charge in [-0.15, -0.1) is 0 Å². The maximum Gasteiger partial charge on any atom is 0.317 e. The highest BCUT2D eigenvalue weighted by Crippen LogP contribution is 2.30. The van der Waals surface area contributed by atoms with E-state index < -0.39 is 5.97 Å². The van der Waals surface area contributed by atoms with E-state index in [0.717, 1.165) is 13.0 Å². The van der Waals surface area contributed by atoms with Crippen molar-refractivity contribution in [2.24, 2.45) is 0 Å². The van der Waals surface area contributed by atoms with E-state index in [9.17, 15) is 4.79 Å². The molecule has 2 heterocycles. The predicted molar refractivity (Wildman–Crippen MR) is 53.3 cm³/mol. The molecule has 2 aliphatic heterocycles. The van der Waals surface area contributed by atoms with E-state index in [-0.39, 0.29) is 6.54 Å². The molecular formula is C10H18N2O2. The van der Waals surface area contributed by atoms with Crippen LogP contribution in [0.15, 0.2) is 0 Å². The van der Waals surface area contributed by atoms with E-state index in [1.165, 1.54) is 19.4 Å². The van der Waals surface area contributed by atoms with E-state index in [2.05, 4.69) is 4.90 Å². The minimum absolute atomic E-state index is 0.176. The van der Waals surface area contributed by atoms with Gasteiger partial charge in [-0.25, -0.2) is 0 Å². The van der Waals surface area contributed by atoms with Crippen LogP contribution in [0.1, 0.15) is 19.3 Å². The van der Waals surface area contributed by atoms with Crippen molar-refractivity contribution >= 4 is 5.97 Å². The van der Waals surface area contributed by atoms with E-state index in [0.29, 0.717) is 12.1 Å². The Morgan fingerprint density at radius 1 is 1.50 bits per heavy atom. The highest BCUT2D eigenvalue weighted by molar-refractivity contribution is 5.69. The Kier molecular flexibility index (Phi) is 2.74. The van der Waals surface area contributed by atoms with Crippen LogP contribution < -0.4 is 0 Å². The Bertz CT molecular complexity index is 232. The summed E-state index contributed by atoms with van der Waals surface area (Å²) >= 11 is 0. The fourth-order valence-corrected chi connectivity index (χ4v) is 2.90. The molecule has 2 aliphatic rings. The number of carboxylic acids is 1. The molecule has 2 atom stereocenters. The van der Waals surface area contributed by atoms with Gasteiger partial charge in [0.05, 0.1) is 6.54 Å². The lowest BCUT2D eigenvalue weighted by molar-refractivity contribution is -0.138. The van der Waals surface area contributed by atoms with Gasteiger partial charge in [-0.1, -0.05) is 0 Å². The Hall–Kier alpha value is -0.610. The second kappa shape index (κ2) is 3.87. The number of fused-ring (bicyclic) bond motifs is 1. The van der Waals surface area contributed by atoms with Crippen molar-refractivity contribution in [1.82, 2.24) is 9.80 Å². The summed E-state index contributed by atoms with van der Waals surface area (Å²) in [5.41, 5.74) is 0. The van der Waals surface area contributed by atoms with Crippen LogP contribution in [0, 0.1) is 0 Å². The first-order valence-electron chi connectivity index (χ1n) is 5.34. The maximum atomic E-state index is 10.6. The summed E-state index contributed by atoms with van der Waals surface area (Å²) < 4.78 is 0. The van der Waals surface area contributed by atoms with Gasteiger partial charge in [0.1, 0.15) is 0 Å². The molecule has 2 fully saturated rings. The monoisotopic (exact) mass is 198 g/mol. The Balaban J connectivity index is 1.94. The van der Waals surface area contributed by atoms with Crippen molar-refractivity contribution in [2.75, 3.05) is 26.7 Å². The van der Waals surface area contributed by atoms with Crippen molar-refractivity contribution in [1.29, 1.82) is 0 Å². The van der Waals surface area contributed by atoms with Crippen LogP contribution >= 0.6 is 0 Å². The summed E-state index contributed by atoms with van der Waals surface area (Å²) in [7, 11) is 1.93. The molecule has 0 aromatic carbocycles. The molecule has 14 heavy (non-hydrogen) atoms. The molecule has 0 amide bonds. The highest BCUT2D eigenvalue weighted by Gasteiger charge is 2.39. The topological polar surface area (TPSA) is 43.8 Å². The summed E-state index contributed by atoms with van der Waals surface area (Å²) in [6, 6.07) is 1.09. The van der Waals surface area contributed by atoms with Crippen molar-refractivity contribution in [3.8, 4) is 0 Å². The molecule has 0 bridgehead atoms. The average molecular weight is 198 g/mol. The molecule has 2 saturated heterocycles. The number of carbonyl (C=O) groups is 1. The van der Waals surface area contributed by atoms with Crippen molar-refractivity contribution in [3.05, 3.63) is 0 Å². The maximum absolute atomic E-state index is 10.6. The largest absolute Gasteiger partial charge is 0.480 e. The van der Waals surface area contributed by atoms with Crippen LogP contribution in [0.25, 0.3) is 0 Å². The first kappa shape index (κ1) is 9.93. The lowest BCUT2D eigenvalue weighted by Gasteiger charge is -2.28. The molecule has 2 unspecified atom stereocenters. The number of hydrogen-bond donors (Lipinski definition) is 1. The second-order valence-corrected chi connectivity index (χ2v) is 4.41. The number of likely N-dealkylation sites (N-methyl/N-ethyl adjacent to an activating group) is 1. The number of aliphatic carboxylic acids is 1. The molecule has 1 N–H and O–H groups in total. The summed E-state index contributed by atoms with van der Waals surface area (Å²) in [6.07, 6.45) is 3.66. The molecule has 0 spiro atoms. The highest BCUT2D eigenvalue weighted by atomic mass is 16.4. The van der Waals surface area contributed by atoms with Gasteiger partial charge in [0.25, 0.3) is 0 Å². The zero-order valence-electron chi connectivity index (χ0n) is 8.65. The molecule has 4 heteroatoms. The third-order valence-corrected chi connectivity index (χ3v) is 3.52. The Morgan fingerprint density at radius 3 is 3.00 bits per heavy atom. The molecule has 80 valence electrons. The zero-order valence-corrected chi connectivity index (χ0v) is 8.65. The average Bonchev–Trinajstić information content (AvgIpc) is 2.59. The summed E-state index contributed by atoms with van der Waals surface area (Å²) in [4.78, 5) is 15.1. The van der Waals surface area contributed by atoms with Gasteiger partial charge >= 0.3 is 5.97 Å². The summed E-state index contributed by atoms with van der Waals surface area (Å²) in [5.74, 6) is -0.719. The van der Waals surface area contributed by atoms with Gasteiger partial charge in [0.2, 0.25) is 0 Å².